The fraction of sp³-hybridized carbons (Fsp3) is 0.829. The van der Waals surface area contributed by atoms with E-state index in [0.717, 1.165) is 90.5 Å². The Bertz CT molecular complexity index is 1120. The Balaban J connectivity index is 4.63. The summed E-state index contributed by atoms with van der Waals surface area (Å²) >= 11 is 0. The number of carbonyl (C=O) groups excluding carboxylic acids is 2. The molecule has 0 unspecified atom stereocenters. The van der Waals surface area contributed by atoms with E-state index in [4.69, 9.17) is 27.1 Å². The quantitative estimate of drug-likeness (QED) is 0.0252. The van der Waals surface area contributed by atoms with Crippen LogP contribution in [0, 0.1) is 0 Å². The molecule has 0 radical (unpaired) electrons. The van der Waals surface area contributed by atoms with Gasteiger partial charge in [0.05, 0.1) is 39.6 Å². The molecule has 0 N–H and O–H groups in total. The summed E-state index contributed by atoms with van der Waals surface area (Å²) in [5.41, 5.74) is 1.69. The molecule has 53 heavy (non-hydrogen) atoms. The second-order valence-electron chi connectivity index (χ2n) is 11.6. The lowest BCUT2D eigenvalue weighted by Crippen LogP contribution is -2.23. The van der Waals surface area contributed by atoms with Gasteiger partial charge in [-0.2, -0.15) is 0 Å². The van der Waals surface area contributed by atoms with Gasteiger partial charge in [0.25, 0.3) is 0 Å². The van der Waals surface area contributed by atoms with Gasteiger partial charge in [0, 0.05) is 52.2 Å². The Morgan fingerprint density at radius 3 is 1.26 bits per heavy atom. The summed E-state index contributed by atoms with van der Waals surface area (Å²) in [4.78, 5) is 29.3. The van der Waals surface area contributed by atoms with Crippen molar-refractivity contribution in [3.63, 3.8) is 0 Å². The molecule has 0 aromatic carbocycles. The second kappa shape index (κ2) is 34.1. The first-order valence-electron chi connectivity index (χ1n) is 19.0. The summed E-state index contributed by atoms with van der Waals surface area (Å²) in [6, 6.07) is 0. The highest BCUT2D eigenvalue weighted by atomic mass is 33.1. The Labute approximate surface area is 337 Å². The smallest absolute Gasteiger partial charge is 0.318 e. The minimum atomic E-state index is -3.66. The average Bonchev–Trinajstić information content (AvgIpc) is 3.13. The Morgan fingerprint density at radius 1 is 0.528 bits per heavy atom. The van der Waals surface area contributed by atoms with Gasteiger partial charge in [-0.1, -0.05) is 108 Å². The molecule has 0 aromatic heterocycles. The van der Waals surface area contributed by atoms with E-state index in [9.17, 15) is 18.7 Å². The molecule has 0 spiro atoms. The number of phosphoric acid groups is 2. The SMILES string of the molecule is CCOP(=O)(OCC)OCC/C(SSCC)=C(\C)N(C=O)CCCCCCCCCCCCN(C=O)/C(C)=C(/COP(=O)(OCC)OCC)SSCC. The number of nitrogens with zero attached hydrogens (tertiary/aromatic N) is 2. The molecule has 0 aliphatic heterocycles. The molecule has 0 fully saturated rings. The highest BCUT2D eigenvalue weighted by Gasteiger charge is 2.27. The third-order valence-corrected chi connectivity index (χ3v) is 16.2. The molecule has 0 rings (SSSR count). The normalized spacial score (nSPS) is 13.1. The van der Waals surface area contributed by atoms with E-state index in [2.05, 4.69) is 13.8 Å². The first-order chi connectivity index (χ1) is 25.5. The molecule has 312 valence electrons. The summed E-state index contributed by atoms with van der Waals surface area (Å²) in [5.74, 6) is 1.80. The zero-order chi connectivity index (χ0) is 39.8. The molecule has 18 heteroatoms. The topological polar surface area (TPSA) is 130 Å². The maximum Gasteiger partial charge on any atom is 0.475 e. The molecular formula is C35H68N2O10P2S4. The van der Waals surface area contributed by atoms with Gasteiger partial charge in [0.1, 0.15) is 0 Å². The third-order valence-electron chi connectivity index (χ3n) is 7.61. The van der Waals surface area contributed by atoms with Gasteiger partial charge < -0.3 is 9.80 Å². The summed E-state index contributed by atoms with van der Waals surface area (Å²) in [6.07, 6.45) is 13.1. The van der Waals surface area contributed by atoms with Crippen molar-refractivity contribution < 1.29 is 45.9 Å². The zero-order valence-corrected chi connectivity index (χ0v) is 38.6. The summed E-state index contributed by atoms with van der Waals surface area (Å²) < 4.78 is 57.6. The maximum atomic E-state index is 12.8. The first-order valence-corrected chi connectivity index (χ1v) is 26.6. The van der Waals surface area contributed by atoms with Gasteiger partial charge in [0.15, 0.2) is 0 Å². The molecule has 0 atom stereocenters. The van der Waals surface area contributed by atoms with Crippen molar-refractivity contribution in [3.05, 3.63) is 21.2 Å². The summed E-state index contributed by atoms with van der Waals surface area (Å²) in [5, 5.41) is 0. The van der Waals surface area contributed by atoms with Crippen LogP contribution in [0.3, 0.4) is 0 Å². The van der Waals surface area contributed by atoms with Gasteiger partial charge in [0.2, 0.25) is 12.8 Å². The average molecular weight is 867 g/mol. The second-order valence-corrected chi connectivity index (χ2v) is 20.2. The predicted molar refractivity (Wildman–Crippen MR) is 227 cm³/mol. The highest BCUT2D eigenvalue weighted by Crippen LogP contribution is 2.51. The Hall–Kier alpha value is 0.0400. The zero-order valence-electron chi connectivity index (χ0n) is 33.5. The van der Waals surface area contributed by atoms with Gasteiger partial charge in [-0.3, -0.25) is 36.7 Å². The van der Waals surface area contributed by atoms with E-state index in [1.807, 2.05) is 13.8 Å². The third kappa shape index (κ3) is 25.1. The molecule has 0 saturated heterocycles. The van der Waals surface area contributed by atoms with E-state index in [-0.39, 0.29) is 39.6 Å². The van der Waals surface area contributed by atoms with Crippen LogP contribution in [0.2, 0.25) is 0 Å². The van der Waals surface area contributed by atoms with Gasteiger partial charge in [-0.05, 0) is 54.4 Å². The van der Waals surface area contributed by atoms with E-state index in [0.29, 0.717) is 19.5 Å². The number of rotatable bonds is 38. The number of phosphoric ester groups is 2. The summed E-state index contributed by atoms with van der Waals surface area (Å²) in [6.45, 7) is 17.3. The van der Waals surface area contributed by atoms with Crippen LogP contribution in [0.5, 0.6) is 0 Å². The fourth-order valence-electron chi connectivity index (χ4n) is 4.87. The molecule has 0 bridgehead atoms. The Morgan fingerprint density at radius 2 is 0.887 bits per heavy atom. The van der Waals surface area contributed by atoms with E-state index in [1.165, 1.54) is 30.1 Å². The van der Waals surface area contributed by atoms with Crippen LogP contribution in [0.25, 0.3) is 0 Å². The monoisotopic (exact) mass is 866 g/mol. The van der Waals surface area contributed by atoms with Crippen molar-refractivity contribution in [2.75, 3.05) is 64.2 Å². The molecule has 0 saturated carbocycles. The minimum Gasteiger partial charge on any atom is -0.318 e. The molecule has 0 aliphatic rings. The van der Waals surface area contributed by atoms with Crippen LogP contribution in [0.15, 0.2) is 21.2 Å². The van der Waals surface area contributed by atoms with Gasteiger partial charge >= 0.3 is 15.6 Å². The lowest BCUT2D eigenvalue weighted by Gasteiger charge is -2.23. The van der Waals surface area contributed by atoms with Crippen LogP contribution in [-0.4, -0.2) is 86.9 Å². The molecule has 0 aliphatic carbocycles. The molecule has 0 aromatic rings. The van der Waals surface area contributed by atoms with Crippen molar-refractivity contribution in [1.29, 1.82) is 0 Å². The lowest BCUT2D eigenvalue weighted by molar-refractivity contribution is -0.117. The van der Waals surface area contributed by atoms with Crippen LogP contribution in [-0.2, 0) is 45.9 Å². The van der Waals surface area contributed by atoms with Gasteiger partial charge in [-0.25, -0.2) is 9.13 Å². The molecule has 2 amide bonds. The number of allylic oxidation sites excluding steroid dienone is 2. The maximum absolute atomic E-state index is 12.8. The fourth-order valence-corrected chi connectivity index (χ4v) is 11.2. The van der Waals surface area contributed by atoms with Crippen molar-refractivity contribution >= 4 is 71.6 Å². The number of amides is 2. The standard InChI is InChI=1S/C35H68N2O10P2S4/c1-9-42-48(40,43-10-2)46-28-25-34(52-50-13-5)32(7)36(30-38)26-23-21-19-17-15-16-18-20-22-24-27-37(31-39)33(8)35(53-51-14-6)29-47-49(41,44-11-3)45-12-4/h30-31H,9-29H2,1-8H3/b34-32-,35-33-. The van der Waals surface area contributed by atoms with Crippen molar-refractivity contribution in [2.24, 2.45) is 0 Å². The van der Waals surface area contributed by atoms with Crippen LogP contribution in [0.4, 0.5) is 0 Å². The van der Waals surface area contributed by atoms with Crippen molar-refractivity contribution in [1.82, 2.24) is 9.80 Å². The Kier molecular flexibility index (Phi) is 34.1. The number of hydrogen-bond acceptors (Lipinski definition) is 14. The van der Waals surface area contributed by atoms with E-state index < -0.39 is 15.6 Å². The minimum absolute atomic E-state index is 0.0442. The van der Waals surface area contributed by atoms with Crippen molar-refractivity contribution in [3.8, 4) is 0 Å². The lowest BCUT2D eigenvalue weighted by atomic mass is 10.1. The number of carbonyl (C=O) groups is 2. The predicted octanol–water partition coefficient (Wildman–Crippen LogP) is 11.9. The largest absolute Gasteiger partial charge is 0.475 e. The number of hydrogen-bond donors (Lipinski definition) is 0. The van der Waals surface area contributed by atoms with Crippen LogP contribution >= 0.6 is 58.8 Å². The molecule has 0 heterocycles. The first kappa shape index (κ1) is 53.0. The van der Waals surface area contributed by atoms with E-state index >= 15 is 0 Å². The summed E-state index contributed by atoms with van der Waals surface area (Å²) in [7, 11) is -0.760. The van der Waals surface area contributed by atoms with Gasteiger partial charge in [-0.15, -0.1) is 0 Å². The van der Waals surface area contributed by atoms with E-state index in [1.54, 1.807) is 69.9 Å². The molecular weight excluding hydrogens is 799 g/mol. The molecule has 12 nitrogen and oxygen atoms in total. The van der Waals surface area contributed by atoms with Crippen LogP contribution in [0.1, 0.15) is 126 Å². The highest BCUT2D eigenvalue weighted by molar-refractivity contribution is 8.78. The van der Waals surface area contributed by atoms with Crippen molar-refractivity contribution in [2.45, 2.75) is 126 Å². The number of unbranched alkanes of at least 4 members (excludes halogenated alkanes) is 9. The van der Waals surface area contributed by atoms with Crippen LogP contribution < -0.4 is 0 Å².